The Morgan fingerprint density at radius 3 is 2.57 bits per heavy atom. The second kappa shape index (κ2) is 3.82. The molecule has 1 heterocycles. The molecule has 0 aliphatic heterocycles. The molecule has 0 aliphatic carbocycles. The first-order valence-electron chi connectivity index (χ1n) is 4.32. The van der Waals surface area contributed by atoms with Gasteiger partial charge in [0.05, 0.1) is 5.56 Å². The van der Waals surface area contributed by atoms with E-state index >= 15 is 0 Å². The highest BCUT2D eigenvalue weighted by Gasteiger charge is 2.17. The van der Waals surface area contributed by atoms with Crippen LogP contribution in [-0.4, -0.2) is 24.4 Å². The lowest BCUT2D eigenvalue weighted by atomic mass is 9.97. The van der Waals surface area contributed by atoms with Crippen LogP contribution in [-0.2, 0) is 4.74 Å². The molecule has 0 N–H and O–H groups in total. The van der Waals surface area contributed by atoms with E-state index in [1.807, 2.05) is 20.8 Å². The van der Waals surface area contributed by atoms with Crippen LogP contribution in [0.4, 0.5) is 0 Å². The molecule has 14 heavy (non-hydrogen) atoms. The first kappa shape index (κ1) is 10.8. The first-order chi connectivity index (χ1) is 6.38. The smallest absolute Gasteiger partial charge is 0.340 e. The molecule has 3 nitrogen and oxygen atoms in total. The molecule has 0 spiro atoms. The molecule has 4 heteroatoms. The van der Waals surface area contributed by atoms with Crippen LogP contribution in [0.25, 0.3) is 0 Å². The minimum Gasteiger partial charge on any atom is -0.456 e. The zero-order valence-electron chi connectivity index (χ0n) is 8.57. The van der Waals surface area contributed by atoms with E-state index in [1.54, 1.807) is 6.07 Å². The number of hydrogen-bond acceptors (Lipinski definition) is 3. The summed E-state index contributed by atoms with van der Waals surface area (Å²) in [6.45, 7) is 5.43. The maximum Gasteiger partial charge on any atom is 0.340 e. The molecular weight excluding hydrogens is 177 g/mol. The molecule has 0 amide bonds. The van der Waals surface area contributed by atoms with Gasteiger partial charge >= 0.3 is 5.97 Å². The molecular formula is C10H12BNO2. The van der Waals surface area contributed by atoms with Gasteiger partial charge in [0.1, 0.15) is 13.4 Å². The van der Waals surface area contributed by atoms with Crippen molar-refractivity contribution >= 4 is 19.3 Å². The van der Waals surface area contributed by atoms with E-state index in [9.17, 15) is 4.79 Å². The molecule has 0 atom stereocenters. The minimum atomic E-state index is -0.498. The third-order valence-corrected chi connectivity index (χ3v) is 1.39. The third kappa shape index (κ3) is 3.20. The van der Waals surface area contributed by atoms with Gasteiger partial charge in [0.25, 0.3) is 0 Å². The van der Waals surface area contributed by atoms with E-state index in [2.05, 4.69) is 4.98 Å². The minimum absolute atomic E-state index is 0.375. The van der Waals surface area contributed by atoms with Crippen molar-refractivity contribution in [1.82, 2.24) is 4.98 Å². The highest BCUT2D eigenvalue weighted by molar-refractivity contribution is 6.32. The summed E-state index contributed by atoms with van der Waals surface area (Å²) in [6, 6.07) is 1.54. The van der Waals surface area contributed by atoms with Gasteiger partial charge in [-0.3, -0.25) is 4.98 Å². The number of carbonyl (C=O) groups excluding carboxylic acids is 1. The number of hydrogen-bond donors (Lipinski definition) is 0. The van der Waals surface area contributed by atoms with Crippen molar-refractivity contribution in [3.05, 3.63) is 24.0 Å². The van der Waals surface area contributed by atoms with Crippen LogP contribution in [0.15, 0.2) is 18.5 Å². The molecule has 0 aromatic carbocycles. The van der Waals surface area contributed by atoms with Gasteiger partial charge in [0.2, 0.25) is 0 Å². The molecule has 1 rings (SSSR count). The van der Waals surface area contributed by atoms with Crippen molar-refractivity contribution in [2.24, 2.45) is 0 Å². The van der Waals surface area contributed by atoms with Crippen molar-refractivity contribution < 1.29 is 9.53 Å². The monoisotopic (exact) mass is 189 g/mol. The Morgan fingerprint density at radius 1 is 1.43 bits per heavy atom. The number of carbonyl (C=O) groups is 1. The highest BCUT2D eigenvalue weighted by atomic mass is 16.6. The van der Waals surface area contributed by atoms with Crippen molar-refractivity contribution in [3.63, 3.8) is 0 Å². The molecule has 72 valence electrons. The lowest BCUT2D eigenvalue weighted by molar-refractivity contribution is 0.00692. The molecule has 0 fully saturated rings. The average Bonchev–Trinajstić information content (AvgIpc) is 2.01. The van der Waals surface area contributed by atoms with E-state index in [-0.39, 0.29) is 0 Å². The van der Waals surface area contributed by atoms with Crippen molar-refractivity contribution in [3.8, 4) is 0 Å². The first-order valence-corrected chi connectivity index (χ1v) is 4.32. The molecule has 0 unspecified atom stereocenters. The summed E-state index contributed by atoms with van der Waals surface area (Å²) in [5.74, 6) is -0.405. The van der Waals surface area contributed by atoms with Crippen LogP contribution in [0.5, 0.6) is 0 Å². The lowest BCUT2D eigenvalue weighted by Gasteiger charge is -2.19. The standard InChI is InChI=1S/C10H12BNO2/c1-10(2,3)14-9(13)7-4-8(11)6-12-5-7/h4-6H,1-3H3. The fraction of sp³-hybridized carbons (Fsp3) is 0.400. The van der Waals surface area contributed by atoms with Gasteiger partial charge in [-0.05, 0) is 20.8 Å². The third-order valence-electron chi connectivity index (χ3n) is 1.39. The summed E-state index contributed by atoms with van der Waals surface area (Å²) in [5.41, 5.74) is 0.329. The topological polar surface area (TPSA) is 39.2 Å². The number of esters is 1. The van der Waals surface area contributed by atoms with Crippen LogP contribution in [0.3, 0.4) is 0 Å². The van der Waals surface area contributed by atoms with E-state index in [0.29, 0.717) is 11.0 Å². The van der Waals surface area contributed by atoms with Crippen LogP contribution < -0.4 is 5.46 Å². The van der Waals surface area contributed by atoms with Gasteiger partial charge < -0.3 is 4.74 Å². The van der Waals surface area contributed by atoms with Gasteiger partial charge in [0, 0.05) is 12.4 Å². The number of nitrogens with zero attached hydrogens (tertiary/aromatic N) is 1. The molecule has 1 aromatic rings. The number of ether oxygens (including phenoxy) is 1. The number of aromatic nitrogens is 1. The van der Waals surface area contributed by atoms with Gasteiger partial charge in [-0.1, -0.05) is 11.5 Å². The lowest BCUT2D eigenvalue weighted by Crippen LogP contribution is -2.24. The van der Waals surface area contributed by atoms with Gasteiger partial charge in [-0.2, -0.15) is 0 Å². The summed E-state index contributed by atoms with van der Waals surface area (Å²) < 4.78 is 5.14. The Kier molecular flexibility index (Phi) is 2.94. The zero-order chi connectivity index (χ0) is 10.8. The van der Waals surface area contributed by atoms with Crippen molar-refractivity contribution in [2.75, 3.05) is 0 Å². The van der Waals surface area contributed by atoms with Crippen LogP contribution >= 0.6 is 0 Å². The van der Waals surface area contributed by atoms with Crippen molar-refractivity contribution in [1.29, 1.82) is 0 Å². The predicted octanol–water partition coefficient (Wildman–Crippen LogP) is 0.831. The Morgan fingerprint density at radius 2 is 2.07 bits per heavy atom. The predicted molar refractivity (Wildman–Crippen MR) is 54.8 cm³/mol. The van der Waals surface area contributed by atoms with Crippen LogP contribution in [0, 0.1) is 0 Å². The molecule has 0 aliphatic rings. The van der Waals surface area contributed by atoms with Crippen LogP contribution in [0.1, 0.15) is 31.1 Å². The summed E-state index contributed by atoms with van der Waals surface area (Å²) in [6.07, 6.45) is 2.91. The quantitative estimate of drug-likeness (QED) is 0.485. The van der Waals surface area contributed by atoms with Gasteiger partial charge in [0.15, 0.2) is 0 Å². The van der Waals surface area contributed by atoms with Crippen molar-refractivity contribution in [2.45, 2.75) is 26.4 Å². The Balaban J connectivity index is 2.80. The maximum atomic E-state index is 11.5. The molecule has 0 bridgehead atoms. The second-order valence-corrected chi connectivity index (χ2v) is 4.01. The molecule has 1 aromatic heterocycles. The van der Waals surface area contributed by atoms with E-state index in [0.717, 1.165) is 0 Å². The SMILES string of the molecule is [B]c1cncc(C(=O)OC(C)(C)C)c1. The van der Waals surface area contributed by atoms with Crippen LogP contribution in [0.2, 0.25) is 0 Å². The Bertz CT molecular complexity index is 344. The second-order valence-electron chi connectivity index (χ2n) is 4.01. The highest BCUT2D eigenvalue weighted by Crippen LogP contribution is 2.10. The summed E-state index contributed by atoms with van der Waals surface area (Å²) in [5, 5.41) is 0. The summed E-state index contributed by atoms with van der Waals surface area (Å²) in [7, 11) is 5.49. The number of pyridine rings is 1. The van der Waals surface area contributed by atoms with E-state index in [1.165, 1.54) is 12.4 Å². The molecule has 0 saturated heterocycles. The molecule has 0 saturated carbocycles. The maximum absolute atomic E-state index is 11.5. The summed E-state index contributed by atoms with van der Waals surface area (Å²) >= 11 is 0. The summed E-state index contributed by atoms with van der Waals surface area (Å²) in [4.78, 5) is 15.3. The number of rotatable bonds is 1. The normalized spacial score (nSPS) is 11.1. The fourth-order valence-corrected chi connectivity index (χ4v) is 0.906. The fourth-order valence-electron chi connectivity index (χ4n) is 0.906. The largest absolute Gasteiger partial charge is 0.456 e. The van der Waals surface area contributed by atoms with E-state index in [4.69, 9.17) is 12.6 Å². The van der Waals surface area contributed by atoms with Gasteiger partial charge in [-0.25, -0.2) is 4.79 Å². The molecule has 2 radical (unpaired) electrons. The Labute approximate surface area is 84.9 Å². The zero-order valence-corrected chi connectivity index (χ0v) is 8.57. The average molecular weight is 189 g/mol. The van der Waals surface area contributed by atoms with Gasteiger partial charge in [-0.15, -0.1) is 0 Å². The Hall–Kier alpha value is -1.32. The van der Waals surface area contributed by atoms with E-state index < -0.39 is 11.6 Å².